The summed E-state index contributed by atoms with van der Waals surface area (Å²) in [5.74, 6) is -0.483. The number of fused-ring (bicyclic) bond motifs is 2. The molecule has 1 aromatic carbocycles. The van der Waals surface area contributed by atoms with Gasteiger partial charge in [0.1, 0.15) is 0 Å². The van der Waals surface area contributed by atoms with Gasteiger partial charge in [-0.25, -0.2) is 4.98 Å². The van der Waals surface area contributed by atoms with Gasteiger partial charge in [-0.05, 0) is 6.42 Å². The summed E-state index contributed by atoms with van der Waals surface area (Å²) in [4.78, 5) is 15.8. The number of nitrogens with two attached hydrogens (primary N) is 1. The number of aromatic nitrogens is 1. The van der Waals surface area contributed by atoms with E-state index in [0.29, 0.717) is 21.8 Å². The van der Waals surface area contributed by atoms with E-state index < -0.39 is 12.3 Å². The molecule has 6 nitrogen and oxygen atoms in total. The summed E-state index contributed by atoms with van der Waals surface area (Å²) >= 11 is 1.14. The fraction of sp³-hybridized carbons (Fsp3) is 0.333. The zero-order valence-electron chi connectivity index (χ0n) is 11.3. The molecule has 0 saturated carbocycles. The van der Waals surface area contributed by atoms with Gasteiger partial charge in [0.05, 0.1) is 16.3 Å². The number of ether oxygens (including phenoxy) is 2. The van der Waals surface area contributed by atoms with Crippen molar-refractivity contribution < 1.29 is 23.0 Å². The Hall–Kier alpha value is -1.71. The maximum atomic E-state index is 12.9. The van der Waals surface area contributed by atoms with Gasteiger partial charge in [-0.15, -0.1) is 21.2 Å². The highest BCUT2D eigenvalue weighted by atomic mass is 35.5. The van der Waals surface area contributed by atoms with Gasteiger partial charge in [-0.1, -0.05) is 18.3 Å². The molecule has 1 unspecified atom stereocenters. The van der Waals surface area contributed by atoms with Crippen LogP contribution in [0.2, 0.25) is 0 Å². The third-order valence-electron chi connectivity index (χ3n) is 2.92. The van der Waals surface area contributed by atoms with Gasteiger partial charge in [0, 0.05) is 12.1 Å². The lowest BCUT2D eigenvalue weighted by Gasteiger charge is -2.06. The van der Waals surface area contributed by atoms with Crippen molar-refractivity contribution in [1.29, 1.82) is 0 Å². The van der Waals surface area contributed by atoms with Crippen LogP contribution in [0.4, 0.5) is 13.9 Å². The Bertz CT molecular complexity index is 680. The van der Waals surface area contributed by atoms with Crippen molar-refractivity contribution in [3.63, 3.8) is 0 Å². The van der Waals surface area contributed by atoms with E-state index in [-0.39, 0.29) is 29.8 Å². The first-order valence-electron chi connectivity index (χ1n) is 6.15. The molecule has 2 heterocycles. The number of rotatable bonds is 3. The summed E-state index contributed by atoms with van der Waals surface area (Å²) in [6.45, 7) is 1.79. The Labute approximate surface area is 134 Å². The van der Waals surface area contributed by atoms with Crippen molar-refractivity contribution in [3.05, 3.63) is 12.1 Å². The van der Waals surface area contributed by atoms with Crippen LogP contribution in [0.3, 0.4) is 0 Å². The minimum Gasteiger partial charge on any atom is -0.395 e. The molecule has 22 heavy (non-hydrogen) atoms. The third kappa shape index (κ3) is 3.06. The Morgan fingerprint density at radius 3 is 2.73 bits per heavy atom. The summed E-state index contributed by atoms with van der Waals surface area (Å²) in [6, 6.07) is 2.13. The van der Waals surface area contributed by atoms with E-state index in [4.69, 9.17) is 5.73 Å². The third-order valence-corrected chi connectivity index (χ3v) is 3.85. The van der Waals surface area contributed by atoms with Crippen molar-refractivity contribution in [2.45, 2.75) is 25.7 Å². The van der Waals surface area contributed by atoms with Crippen LogP contribution in [-0.4, -0.2) is 23.2 Å². The molecule has 0 saturated heterocycles. The minimum absolute atomic E-state index is 0. The number of carbonyl (C=O) groups is 1. The first-order valence-corrected chi connectivity index (χ1v) is 6.96. The zero-order chi connectivity index (χ0) is 15.2. The quantitative estimate of drug-likeness (QED) is 0.888. The second kappa shape index (κ2) is 5.82. The zero-order valence-corrected chi connectivity index (χ0v) is 12.9. The van der Waals surface area contributed by atoms with Gasteiger partial charge in [0.15, 0.2) is 16.6 Å². The number of halogens is 3. The van der Waals surface area contributed by atoms with Gasteiger partial charge >= 0.3 is 6.29 Å². The number of hydrogen-bond acceptors (Lipinski definition) is 6. The summed E-state index contributed by atoms with van der Waals surface area (Å²) < 4.78 is 35.2. The molecule has 3 rings (SSSR count). The molecule has 1 amide bonds. The Kier molecular flexibility index (Phi) is 4.41. The molecule has 0 fully saturated rings. The molecule has 0 spiro atoms. The van der Waals surface area contributed by atoms with E-state index in [1.807, 2.05) is 0 Å². The number of anilines is 1. The summed E-state index contributed by atoms with van der Waals surface area (Å²) in [5.41, 5.74) is 6.04. The highest BCUT2D eigenvalue weighted by Gasteiger charge is 2.43. The number of alkyl halides is 2. The number of amides is 1. The Balaban J connectivity index is 0.00000176. The molecule has 1 aliphatic rings. The molecule has 0 radical (unpaired) electrons. The number of benzene rings is 1. The van der Waals surface area contributed by atoms with E-state index in [1.54, 1.807) is 6.92 Å². The average molecular weight is 352 g/mol. The molecule has 0 bridgehead atoms. The maximum absolute atomic E-state index is 12.9. The van der Waals surface area contributed by atoms with Crippen molar-refractivity contribution >= 4 is 45.0 Å². The highest BCUT2D eigenvalue weighted by Crippen LogP contribution is 2.44. The van der Waals surface area contributed by atoms with E-state index in [1.165, 1.54) is 12.1 Å². The Morgan fingerprint density at radius 2 is 2.09 bits per heavy atom. The van der Waals surface area contributed by atoms with Gasteiger partial charge in [0.25, 0.3) is 0 Å². The van der Waals surface area contributed by atoms with Crippen LogP contribution in [0.5, 0.6) is 11.5 Å². The van der Waals surface area contributed by atoms with Crippen molar-refractivity contribution in [1.82, 2.24) is 4.98 Å². The number of hydrogen-bond donors (Lipinski definition) is 2. The van der Waals surface area contributed by atoms with Gasteiger partial charge in [-0.3, -0.25) is 4.79 Å². The number of nitrogens with one attached hydrogen (secondary N) is 1. The van der Waals surface area contributed by atoms with Crippen LogP contribution in [0.25, 0.3) is 10.2 Å². The normalized spacial score (nSPS) is 16.2. The highest BCUT2D eigenvalue weighted by molar-refractivity contribution is 7.22. The predicted molar refractivity (Wildman–Crippen MR) is 80.0 cm³/mol. The predicted octanol–water partition coefficient (Wildman–Crippen LogP) is 2.72. The minimum atomic E-state index is -3.66. The number of nitrogens with zero attached hydrogens (tertiary/aromatic N) is 1. The smallest absolute Gasteiger partial charge is 0.395 e. The summed E-state index contributed by atoms with van der Waals surface area (Å²) in [6.07, 6.45) is -3.15. The average Bonchev–Trinajstić information content (AvgIpc) is 2.91. The number of carbonyl (C=O) groups excluding carboxylic acids is 1. The van der Waals surface area contributed by atoms with Crippen LogP contribution in [0.1, 0.15) is 13.3 Å². The maximum Gasteiger partial charge on any atom is 0.586 e. The monoisotopic (exact) mass is 351 g/mol. The van der Waals surface area contributed by atoms with Gasteiger partial charge < -0.3 is 20.5 Å². The van der Waals surface area contributed by atoms with Crippen molar-refractivity contribution in [2.75, 3.05) is 5.32 Å². The molecule has 120 valence electrons. The van der Waals surface area contributed by atoms with Gasteiger partial charge in [0.2, 0.25) is 5.91 Å². The first-order chi connectivity index (χ1) is 9.88. The lowest BCUT2D eigenvalue weighted by Crippen LogP contribution is -2.34. The lowest BCUT2D eigenvalue weighted by atomic mass is 10.2. The summed E-state index contributed by atoms with van der Waals surface area (Å²) in [5, 5.41) is 2.93. The van der Waals surface area contributed by atoms with E-state index in [9.17, 15) is 13.6 Å². The second-order valence-electron chi connectivity index (χ2n) is 4.46. The summed E-state index contributed by atoms with van der Waals surface area (Å²) in [7, 11) is 0. The molecule has 1 aromatic heterocycles. The number of thiazole rings is 1. The second-order valence-corrected chi connectivity index (χ2v) is 5.49. The standard InChI is InChI=1S/C12H11F2N3O3S.ClH/c1-2-5(15)10(18)17-11-16-6-3-7-8(4-9(6)21-11)20-12(13,14)19-7;/h3-5H,2,15H2,1H3,(H,16,17,18);1H. The van der Waals surface area contributed by atoms with Crippen LogP contribution in [0, 0.1) is 0 Å². The Morgan fingerprint density at radius 1 is 1.45 bits per heavy atom. The van der Waals surface area contributed by atoms with E-state index in [2.05, 4.69) is 19.8 Å². The fourth-order valence-corrected chi connectivity index (χ4v) is 2.69. The largest absolute Gasteiger partial charge is 0.586 e. The molecule has 10 heteroatoms. The molecule has 0 aliphatic carbocycles. The fourth-order valence-electron chi connectivity index (χ4n) is 1.81. The first kappa shape index (κ1) is 16.7. The van der Waals surface area contributed by atoms with Crippen LogP contribution in [-0.2, 0) is 4.79 Å². The molecule has 2 aromatic rings. The van der Waals surface area contributed by atoms with Gasteiger partial charge in [-0.2, -0.15) is 0 Å². The van der Waals surface area contributed by atoms with E-state index in [0.717, 1.165) is 11.3 Å². The van der Waals surface area contributed by atoms with Crippen LogP contribution in [0.15, 0.2) is 12.1 Å². The SMILES string of the molecule is CCC(N)C(=O)Nc1nc2cc3c(cc2s1)OC(F)(F)O3.Cl. The lowest BCUT2D eigenvalue weighted by molar-refractivity contribution is -0.286. The van der Waals surface area contributed by atoms with Crippen LogP contribution >= 0.6 is 23.7 Å². The molecular formula is C12H12ClF2N3O3S. The molecule has 3 N–H and O–H groups in total. The van der Waals surface area contributed by atoms with Crippen molar-refractivity contribution in [2.24, 2.45) is 5.73 Å². The topological polar surface area (TPSA) is 86.5 Å². The van der Waals surface area contributed by atoms with Crippen LogP contribution < -0.4 is 20.5 Å². The molecule has 1 aliphatic heterocycles. The van der Waals surface area contributed by atoms with Crippen molar-refractivity contribution in [3.8, 4) is 11.5 Å². The van der Waals surface area contributed by atoms with E-state index >= 15 is 0 Å². The molecule has 1 atom stereocenters. The molecular weight excluding hydrogens is 340 g/mol.